The Morgan fingerprint density at radius 2 is 1.85 bits per heavy atom. The van der Waals surface area contributed by atoms with E-state index in [-0.39, 0.29) is 11.8 Å². The van der Waals surface area contributed by atoms with Crippen molar-refractivity contribution in [2.24, 2.45) is 5.92 Å². The van der Waals surface area contributed by atoms with E-state index >= 15 is 0 Å². The van der Waals surface area contributed by atoms with Crippen LogP contribution in [0.5, 0.6) is 0 Å². The lowest BCUT2D eigenvalue weighted by atomic mass is 9.99. The highest BCUT2D eigenvalue weighted by atomic mass is 16.1. The van der Waals surface area contributed by atoms with Gasteiger partial charge in [0.2, 0.25) is 5.91 Å². The molecule has 78 valence electrons. The lowest BCUT2D eigenvalue weighted by molar-refractivity contribution is -0.125. The largest absolute Gasteiger partial charge is 0.353 e. The fraction of sp³-hybridized carbons (Fsp3) is 0.909. The fourth-order valence-corrected chi connectivity index (χ4v) is 1.33. The monoisotopic (exact) mass is 185 g/mol. The Morgan fingerprint density at radius 3 is 2.23 bits per heavy atom. The van der Waals surface area contributed by atoms with E-state index in [4.69, 9.17) is 0 Å². The van der Waals surface area contributed by atoms with Gasteiger partial charge in [0.1, 0.15) is 0 Å². The Morgan fingerprint density at radius 1 is 1.23 bits per heavy atom. The topological polar surface area (TPSA) is 29.1 Å². The van der Waals surface area contributed by atoms with Gasteiger partial charge in [-0.15, -0.1) is 0 Å². The van der Waals surface area contributed by atoms with Crippen molar-refractivity contribution in [1.29, 1.82) is 0 Å². The normalized spacial score (nSPS) is 15.1. The van der Waals surface area contributed by atoms with E-state index in [9.17, 15) is 4.79 Å². The van der Waals surface area contributed by atoms with E-state index in [1.807, 2.05) is 0 Å². The molecule has 2 nitrogen and oxygen atoms in total. The molecule has 1 amide bonds. The van der Waals surface area contributed by atoms with E-state index in [1.54, 1.807) is 0 Å². The minimum atomic E-state index is 0.221. The van der Waals surface area contributed by atoms with Crippen LogP contribution in [0.15, 0.2) is 0 Å². The van der Waals surface area contributed by atoms with Crippen molar-refractivity contribution in [1.82, 2.24) is 5.32 Å². The van der Waals surface area contributed by atoms with E-state index in [1.165, 1.54) is 0 Å². The molecular weight excluding hydrogens is 162 g/mol. The van der Waals surface area contributed by atoms with Crippen LogP contribution in [0.25, 0.3) is 0 Å². The van der Waals surface area contributed by atoms with Crippen LogP contribution in [0.1, 0.15) is 53.4 Å². The van der Waals surface area contributed by atoms with E-state index < -0.39 is 0 Å². The molecule has 0 aromatic heterocycles. The molecule has 0 heterocycles. The fourth-order valence-electron chi connectivity index (χ4n) is 1.33. The Labute approximate surface area is 82.1 Å². The van der Waals surface area contributed by atoms with Crippen LogP contribution in [-0.2, 0) is 4.79 Å². The van der Waals surface area contributed by atoms with Crippen LogP contribution >= 0.6 is 0 Å². The molecule has 0 aliphatic carbocycles. The highest BCUT2D eigenvalue weighted by Gasteiger charge is 2.16. The molecule has 0 saturated carbocycles. The maximum atomic E-state index is 11.6. The van der Waals surface area contributed by atoms with Crippen LogP contribution in [0.2, 0.25) is 0 Å². The van der Waals surface area contributed by atoms with Crippen LogP contribution in [0.3, 0.4) is 0 Å². The Hall–Kier alpha value is -0.530. The molecule has 0 aromatic carbocycles. The summed E-state index contributed by atoms with van der Waals surface area (Å²) in [5.41, 5.74) is 0. The van der Waals surface area contributed by atoms with Gasteiger partial charge in [0.15, 0.2) is 0 Å². The Kier molecular flexibility index (Phi) is 6.65. The number of carbonyl (C=O) groups excluding carboxylic acids is 1. The summed E-state index contributed by atoms with van der Waals surface area (Å²) in [6.07, 6.45) is 4.07. The summed E-state index contributed by atoms with van der Waals surface area (Å²) in [4.78, 5) is 11.6. The Balaban J connectivity index is 3.90. The second-order valence-electron chi connectivity index (χ2n) is 3.71. The highest BCUT2D eigenvalue weighted by Crippen LogP contribution is 2.11. The summed E-state index contributed by atoms with van der Waals surface area (Å²) in [6.45, 7) is 8.35. The van der Waals surface area contributed by atoms with Gasteiger partial charge in [-0.2, -0.15) is 0 Å². The van der Waals surface area contributed by atoms with E-state index in [2.05, 4.69) is 33.0 Å². The molecule has 0 fully saturated rings. The number of rotatable bonds is 6. The maximum Gasteiger partial charge on any atom is 0.223 e. The standard InChI is InChI=1S/C11H23NO/c1-5-8-10(7-3)11(13)12-9(4)6-2/h9-10H,5-8H2,1-4H3,(H,12,13)/t9-,10?/m0/s1. The first-order chi connectivity index (χ1) is 6.15. The summed E-state index contributed by atoms with van der Waals surface area (Å²) in [5, 5.41) is 3.03. The summed E-state index contributed by atoms with van der Waals surface area (Å²) >= 11 is 0. The predicted molar refractivity (Wildman–Crippen MR) is 56.6 cm³/mol. The first-order valence-electron chi connectivity index (χ1n) is 5.45. The lowest BCUT2D eigenvalue weighted by Gasteiger charge is -2.17. The average Bonchev–Trinajstić information content (AvgIpc) is 2.13. The first-order valence-corrected chi connectivity index (χ1v) is 5.45. The van der Waals surface area contributed by atoms with Gasteiger partial charge in [-0.3, -0.25) is 4.79 Å². The smallest absolute Gasteiger partial charge is 0.223 e. The van der Waals surface area contributed by atoms with Crippen molar-refractivity contribution in [2.45, 2.75) is 59.4 Å². The van der Waals surface area contributed by atoms with Crippen molar-refractivity contribution in [3.8, 4) is 0 Å². The molecule has 13 heavy (non-hydrogen) atoms. The molecule has 0 radical (unpaired) electrons. The lowest BCUT2D eigenvalue weighted by Crippen LogP contribution is -2.36. The van der Waals surface area contributed by atoms with Crippen LogP contribution < -0.4 is 5.32 Å². The van der Waals surface area contributed by atoms with Crippen LogP contribution in [0.4, 0.5) is 0 Å². The van der Waals surface area contributed by atoms with Crippen LogP contribution in [-0.4, -0.2) is 11.9 Å². The van der Waals surface area contributed by atoms with Crippen molar-refractivity contribution < 1.29 is 4.79 Å². The first kappa shape index (κ1) is 12.5. The molecule has 1 unspecified atom stereocenters. The number of nitrogens with one attached hydrogen (secondary N) is 1. The number of hydrogen-bond acceptors (Lipinski definition) is 1. The second kappa shape index (κ2) is 6.93. The third kappa shape index (κ3) is 4.91. The van der Waals surface area contributed by atoms with Crippen molar-refractivity contribution in [3.05, 3.63) is 0 Å². The molecule has 0 spiro atoms. The van der Waals surface area contributed by atoms with E-state index in [0.717, 1.165) is 25.7 Å². The van der Waals surface area contributed by atoms with Gasteiger partial charge in [0.25, 0.3) is 0 Å². The zero-order chi connectivity index (χ0) is 10.3. The molecule has 1 N–H and O–H groups in total. The number of carbonyl (C=O) groups is 1. The van der Waals surface area contributed by atoms with Gasteiger partial charge in [-0.25, -0.2) is 0 Å². The molecule has 0 bridgehead atoms. The third-order valence-electron chi connectivity index (χ3n) is 2.50. The van der Waals surface area contributed by atoms with Crippen LogP contribution in [0, 0.1) is 5.92 Å². The van der Waals surface area contributed by atoms with Gasteiger partial charge in [0, 0.05) is 12.0 Å². The van der Waals surface area contributed by atoms with Gasteiger partial charge in [-0.1, -0.05) is 27.2 Å². The molecule has 0 saturated heterocycles. The molecule has 0 rings (SSSR count). The number of amides is 1. The van der Waals surface area contributed by atoms with E-state index in [0.29, 0.717) is 6.04 Å². The van der Waals surface area contributed by atoms with Gasteiger partial charge in [-0.05, 0) is 26.2 Å². The second-order valence-corrected chi connectivity index (χ2v) is 3.71. The maximum absolute atomic E-state index is 11.6. The van der Waals surface area contributed by atoms with Crippen molar-refractivity contribution >= 4 is 5.91 Å². The third-order valence-corrected chi connectivity index (χ3v) is 2.50. The summed E-state index contributed by atoms with van der Waals surface area (Å²) in [5.74, 6) is 0.456. The van der Waals surface area contributed by atoms with Gasteiger partial charge < -0.3 is 5.32 Å². The molecule has 0 aromatic rings. The predicted octanol–water partition coefficient (Wildman–Crippen LogP) is 2.73. The molecular formula is C11H23NO. The van der Waals surface area contributed by atoms with Gasteiger partial charge >= 0.3 is 0 Å². The molecule has 0 aliphatic rings. The molecule has 2 heteroatoms. The highest BCUT2D eigenvalue weighted by molar-refractivity contribution is 5.78. The van der Waals surface area contributed by atoms with Crippen molar-refractivity contribution in [3.63, 3.8) is 0 Å². The summed E-state index contributed by atoms with van der Waals surface area (Å²) in [7, 11) is 0. The minimum absolute atomic E-state index is 0.221. The SMILES string of the molecule is CCCC(CC)C(=O)N[C@@H](C)CC. The summed E-state index contributed by atoms with van der Waals surface area (Å²) < 4.78 is 0. The molecule has 2 atom stereocenters. The van der Waals surface area contributed by atoms with Crippen molar-refractivity contribution in [2.75, 3.05) is 0 Å². The summed E-state index contributed by atoms with van der Waals surface area (Å²) in [6, 6.07) is 0.318. The molecule has 0 aliphatic heterocycles. The zero-order valence-electron chi connectivity index (χ0n) is 9.39. The zero-order valence-corrected chi connectivity index (χ0v) is 9.39. The Bertz CT molecular complexity index is 145. The van der Waals surface area contributed by atoms with Gasteiger partial charge in [0.05, 0.1) is 0 Å². The minimum Gasteiger partial charge on any atom is -0.353 e. The quantitative estimate of drug-likeness (QED) is 0.677. The number of hydrogen-bond donors (Lipinski definition) is 1. The average molecular weight is 185 g/mol.